The summed E-state index contributed by atoms with van der Waals surface area (Å²) in [5.74, 6) is -1.49. The van der Waals surface area contributed by atoms with Gasteiger partial charge in [0.2, 0.25) is 0 Å². The third-order valence-electron chi connectivity index (χ3n) is 5.33. The van der Waals surface area contributed by atoms with Crippen molar-refractivity contribution < 1.29 is 28.9 Å². The number of hydrogen-bond donors (Lipinski definition) is 2. The number of alkyl carbamates (subject to hydrolysis) is 1. The standard InChI is InChI=1S/C17H25NO6/c1-3-4-5-6-7-18-16(21)23-15-13-10(8-12-17(13,2)24-12)11(9-22-15)14(19)20/h9-10,12-13,15H,3-8H2,1-2H3,(H,18,21)(H,19,20)/t10-,12+,13+,15+,17+/m1/s1. The van der Waals surface area contributed by atoms with Crippen LogP contribution in [0.2, 0.25) is 0 Å². The Hall–Kier alpha value is -1.76. The number of amides is 1. The first kappa shape index (κ1) is 17.1. The van der Waals surface area contributed by atoms with Crippen LogP contribution in [0.5, 0.6) is 0 Å². The Morgan fingerprint density at radius 2 is 2.21 bits per heavy atom. The molecule has 0 bridgehead atoms. The second-order valence-electron chi connectivity index (χ2n) is 6.93. The van der Waals surface area contributed by atoms with Gasteiger partial charge in [-0.2, -0.15) is 0 Å². The number of nitrogens with one attached hydrogen (secondary N) is 1. The molecule has 3 rings (SSSR count). The molecule has 0 spiro atoms. The molecule has 1 aliphatic carbocycles. The molecule has 134 valence electrons. The summed E-state index contributed by atoms with van der Waals surface area (Å²) >= 11 is 0. The lowest BCUT2D eigenvalue weighted by Gasteiger charge is -2.35. The maximum Gasteiger partial charge on any atom is 0.410 e. The van der Waals surface area contributed by atoms with E-state index in [-0.39, 0.29) is 23.5 Å². The predicted octanol–water partition coefficient (Wildman–Crippen LogP) is 2.41. The average Bonchev–Trinajstić information content (AvgIpc) is 3.08. The zero-order valence-electron chi connectivity index (χ0n) is 14.1. The first-order valence-corrected chi connectivity index (χ1v) is 8.68. The van der Waals surface area contributed by atoms with Crippen LogP contribution in [0.4, 0.5) is 4.79 Å². The van der Waals surface area contributed by atoms with Crippen molar-refractivity contribution in [3.63, 3.8) is 0 Å². The van der Waals surface area contributed by atoms with Gasteiger partial charge in [0.1, 0.15) is 5.60 Å². The summed E-state index contributed by atoms with van der Waals surface area (Å²) in [5, 5.41) is 12.0. The number of ether oxygens (including phenoxy) is 3. The van der Waals surface area contributed by atoms with Crippen LogP contribution in [0.25, 0.3) is 0 Å². The Balaban J connectivity index is 1.57. The van der Waals surface area contributed by atoms with Crippen LogP contribution in [-0.4, -0.2) is 41.7 Å². The van der Waals surface area contributed by atoms with Crippen LogP contribution >= 0.6 is 0 Å². The van der Waals surface area contributed by atoms with Crippen LogP contribution < -0.4 is 5.32 Å². The Morgan fingerprint density at radius 3 is 2.92 bits per heavy atom. The summed E-state index contributed by atoms with van der Waals surface area (Å²) in [7, 11) is 0. The fraction of sp³-hybridized carbons (Fsp3) is 0.765. The van der Waals surface area contributed by atoms with Crippen molar-refractivity contribution in [2.75, 3.05) is 6.54 Å². The number of fused-ring (bicyclic) bond motifs is 3. The van der Waals surface area contributed by atoms with Gasteiger partial charge in [-0.05, 0) is 19.8 Å². The van der Waals surface area contributed by atoms with Crippen LogP contribution in [0, 0.1) is 11.8 Å². The van der Waals surface area contributed by atoms with Crippen molar-refractivity contribution in [3.8, 4) is 0 Å². The summed E-state index contributed by atoms with van der Waals surface area (Å²) in [4.78, 5) is 23.4. The van der Waals surface area contributed by atoms with Gasteiger partial charge in [0.25, 0.3) is 6.29 Å². The molecule has 2 heterocycles. The summed E-state index contributed by atoms with van der Waals surface area (Å²) in [6.45, 7) is 4.62. The molecule has 1 saturated carbocycles. The summed E-state index contributed by atoms with van der Waals surface area (Å²) in [5.41, 5.74) is -0.233. The van der Waals surface area contributed by atoms with Gasteiger partial charge in [-0.15, -0.1) is 0 Å². The highest BCUT2D eigenvalue weighted by atomic mass is 16.7. The number of carbonyl (C=O) groups excluding carboxylic acids is 1. The topological polar surface area (TPSA) is 97.4 Å². The predicted molar refractivity (Wildman–Crippen MR) is 84.1 cm³/mol. The molecule has 2 fully saturated rings. The van der Waals surface area contributed by atoms with E-state index >= 15 is 0 Å². The molecule has 0 aromatic heterocycles. The maximum atomic E-state index is 12.0. The van der Waals surface area contributed by atoms with Crippen molar-refractivity contribution in [1.82, 2.24) is 5.32 Å². The van der Waals surface area contributed by atoms with Gasteiger partial charge in [0, 0.05) is 12.5 Å². The lowest BCUT2D eigenvalue weighted by molar-refractivity contribution is -0.148. The Kier molecular flexibility index (Phi) is 4.71. The number of carbonyl (C=O) groups is 2. The number of epoxide rings is 1. The monoisotopic (exact) mass is 339 g/mol. The van der Waals surface area contributed by atoms with E-state index < -0.39 is 24.0 Å². The molecule has 7 nitrogen and oxygen atoms in total. The number of carboxylic acids is 1. The van der Waals surface area contributed by atoms with Crippen LogP contribution in [0.3, 0.4) is 0 Å². The third kappa shape index (κ3) is 3.09. The van der Waals surface area contributed by atoms with E-state index in [1.165, 1.54) is 6.26 Å². The van der Waals surface area contributed by atoms with Crippen molar-refractivity contribution in [3.05, 3.63) is 11.8 Å². The van der Waals surface area contributed by atoms with Crippen molar-refractivity contribution in [2.45, 2.75) is 63.9 Å². The maximum absolute atomic E-state index is 12.0. The molecule has 0 aromatic carbocycles. The van der Waals surface area contributed by atoms with Crippen LogP contribution in [0.15, 0.2) is 11.8 Å². The molecule has 24 heavy (non-hydrogen) atoms. The average molecular weight is 339 g/mol. The van der Waals surface area contributed by atoms with Gasteiger partial charge in [-0.3, -0.25) is 0 Å². The smallest absolute Gasteiger partial charge is 0.410 e. The van der Waals surface area contributed by atoms with E-state index in [2.05, 4.69) is 12.2 Å². The molecule has 1 saturated heterocycles. The van der Waals surface area contributed by atoms with E-state index in [1.54, 1.807) is 0 Å². The van der Waals surface area contributed by atoms with E-state index in [0.717, 1.165) is 25.7 Å². The number of carboxylic acid groups (broad SMARTS) is 1. The summed E-state index contributed by atoms with van der Waals surface area (Å²) < 4.78 is 16.5. The number of rotatable bonds is 7. The number of aliphatic carboxylic acids is 1. The fourth-order valence-corrected chi connectivity index (χ4v) is 3.92. The zero-order chi connectivity index (χ0) is 17.3. The van der Waals surface area contributed by atoms with E-state index in [1.807, 2.05) is 6.92 Å². The lowest BCUT2D eigenvalue weighted by atomic mass is 9.82. The molecule has 7 heteroatoms. The molecule has 2 N–H and O–H groups in total. The van der Waals surface area contributed by atoms with Gasteiger partial charge in [-0.1, -0.05) is 26.2 Å². The Morgan fingerprint density at radius 1 is 1.42 bits per heavy atom. The largest absolute Gasteiger partial charge is 0.478 e. The number of hydrogen-bond acceptors (Lipinski definition) is 5. The molecule has 5 atom stereocenters. The Labute approximate surface area is 141 Å². The summed E-state index contributed by atoms with van der Waals surface area (Å²) in [6, 6.07) is 0. The Bertz CT molecular complexity index is 547. The van der Waals surface area contributed by atoms with Crippen LogP contribution in [0.1, 0.15) is 46.0 Å². The van der Waals surface area contributed by atoms with Crippen molar-refractivity contribution in [2.24, 2.45) is 11.8 Å². The molecule has 0 unspecified atom stereocenters. The van der Waals surface area contributed by atoms with Gasteiger partial charge < -0.3 is 24.6 Å². The highest BCUT2D eigenvalue weighted by Gasteiger charge is 2.70. The third-order valence-corrected chi connectivity index (χ3v) is 5.33. The van der Waals surface area contributed by atoms with Crippen LogP contribution in [-0.2, 0) is 19.0 Å². The molecular weight excluding hydrogens is 314 g/mol. The van der Waals surface area contributed by atoms with E-state index in [0.29, 0.717) is 13.0 Å². The quantitative estimate of drug-likeness (QED) is 0.546. The molecule has 0 aromatic rings. The highest BCUT2D eigenvalue weighted by molar-refractivity contribution is 5.87. The summed E-state index contributed by atoms with van der Waals surface area (Å²) in [6.07, 6.45) is 4.78. The van der Waals surface area contributed by atoms with Gasteiger partial charge in [0.05, 0.1) is 23.9 Å². The van der Waals surface area contributed by atoms with Gasteiger partial charge >= 0.3 is 12.1 Å². The molecule has 3 aliphatic rings. The molecular formula is C17H25NO6. The molecule has 2 aliphatic heterocycles. The minimum Gasteiger partial charge on any atom is -0.478 e. The molecule has 0 radical (unpaired) electrons. The second-order valence-corrected chi connectivity index (χ2v) is 6.93. The van der Waals surface area contributed by atoms with Crippen molar-refractivity contribution >= 4 is 12.1 Å². The fourth-order valence-electron chi connectivity index (χ4n) is 3.92. The molecule has 1 amide bonds. The van der Waals surface area contributed by atoms with Gasteiger partial charge in [-0.25, -0.2) is 9.59 Å². The first-order chi connectivity index (χ1) is 11.5. The first-order valence-electron chi connectivity index (χ1n) is 8.68. The second kappa shape index (κ2) is 6.63. The zero-order valence-corrected chi connectivity index (χ0v) is 14.1. The van der Waals surface area contributed by atoms with E-state index in [9.17, 15) is 14.7 Å². The van der Waals surface area contributed by atoms with E-state index in [4.69, 9.17) is 14.2 Å². The lowest BCUT2D eigenvalue weighted by Crippen LogP contribution is -2.44. The van der Waals surface area contributed by atoms with Crippen molar-refractivity contribution in [1.29, 1.82) is 0 Å². The normalized spacial score (nSPS) is 36.0. The highest BCUT2D eigenvalue weighted by Crippen LogP contribution is 2.60. The minimum absolute atomic E-state index is 0.0140. The SMILES string of the molecule is CCCCCCNC(=O)O[C@@H]1OC=C(C(=O)O)[C@H]2C[C@@H]3O[C@]3(C)[C@H]12. The van der Waals surface area contributed by atoms with Gasteiger partial charge in [0.15, 0.2) is 0 Å². The number of unbranched alkanes of at least 4 members (excludes halogenated alkanes) is 3. The minimum atomic E-state index is -0.992.